The molecule has 0 bridgehead atoms. The maximum absolute atomic E-state index is 6.05. The maximum atomic E-state index is 6.05. The Hall–Kier alpha value is -0.0800. The van der Waals surface area contributed by atoms with Crippen LogP contribution in [0.2, 0.25) is 0 Å². The molecule has 0 unspecified atom stereocenters. The predicted molar refractivity (Wildman–Crippen MR) is 44.2 cm³/mol. The molecule has 0 radical (unpaired) electrons. The number of rotatable bonds is 1. The van der Waals surface area contributed by atoms with Gasteiger partial charge < -0.3 is 10.5 Å². The van der Waals surface area contributed by atoms with E-state index >= 15 is 0 Å². The zero-order chi connectivity index (χ0) is 8.06. The third-order valence-electron chi connectivity index (χ3n) is 3.81. The van der Waals surface area contributed by atoms with Crippen LogP contribution in [0.5, 0.6) is 0 Å². The third kappa shape index (κ3) is 0.695. The summed E-state index contributed by atoms with van der Waals surface area (Å²) in [4.78, 5) is 0. The van der Waals surface area contributed by atoms with Gasteiger partial charge in [0.1, 0.15) is 0 Å². The molecule has 0 saturated heterocycles. The fourth-order valence-corrected chi connectivity index (χ4v) is 2.96. The lowest BCUT2D eigenvalue weighted by Crippen LogP contribution is -2.70. The topological polar surface area (TPSA) is 35.2 Å². The second kappa shape index (κ2) is 2.20. The number of nitrogens with two attached hydrogens (primary N) is 1. The van der Waals surface area contributed by atoms with Gasteiger partial charge in [-0.1, -0.05) is 13.3 Å². The van der Waals surface area contributed by atoms with Crippen LogP contribution in [0, 0.1) is 11.3 Å². The Kier molecular flexibility index (Phi) is 1.52. The molecule has 2 heteroatoms. The van der Waals surface area contributed by atoms with Crippen LogP contribution in [-0.4, -0.2) is 19.3 Å². The highest BCUT2D eigenvalue weighted by molar-refractivity contribution is 5.14. The number of hydrogen-bond donors (Lipinski definition) is 1. The molecule has 2 N–H and O–H groups in total. The van der Waals surface area contributed by atoms with Crippen molar-refractivity contribution in [3.8, 4) is 0 Å². The molecule has 0 aliphatic heterocycles. The molecule has 0 aromatic heterocycles. The van der Waals surface area contributed by atoms with E-state index in [0.29, 0.717) is 23.5 Å². The van der Waals surface area contributed by atoms with Gasteiger partial charge in [-0.3, -0.25) is 0 Å². The average Bonchev–Trinajstić information content (AvgIpc) is 1.93. The largest absolute Gasteiger partial charge is 0.380 e. The molecular formula is C9H17NO. The minimum atomic E-state index is 0.397. The monoisotopic (exact) mass is 155 g/mol. The Balaban J connectivity index is 2.09. The second-order valence-corrected chi connectivity index (χ2v) is 4.13. The first kappa shape index (κ1) is 7.56. The summed E-state index contributed by atoms with van der Waals surface area (Å²) in [5.41, 5.74) is 6.45. The zero-order valence-corrected chi connectivity index (χ0v) is 7.34. The van der Waals surface area contributed by atoms with Gasteiger partial charge >= 0.3 is 0 Å². The zero-order valence-electron chi connectivity index (χ0n) is 7.34. The summed E-state index contributed by atoms with van der Waals surface area (Å²) in [5, 5.41) is 0. The smallest absolute Gasteiger partial charge is 0.0682 e. The van der Waals surface area contributed by atoms with Gasteiger partial charge in [-0.25, -0.2) is 0 Å². The SMILES string of the molecule is CO[C@@H]1[C@H](C)[C@@H](N)C12CCC2. The average molecular weight is 155 g/mol. The molecule has 2 fully saturated rings. The highest BCUT2D eigenvalue weighted by atomic mass is 16.5. The fourth-order valence-electron chi connectivity index (χ4n) is 2.96. The minimum Gasteiger partial charge on any atom is -0.380 e. The summed E-state index contributed by atoms with van der Waals surface area (Å²) < 4.78 is 5.45. The van der Waals surface area contributed by atoms with E-state index in [0.717, 1.165) is 0 Å². The van der Waals surface area contributed by atoms with Crippen LogP contribution in [-0.2, 0) is 4.74 Å². The summed E-state index contributed by atoms with van der Waals surface area (Å²) in [7, 11) is 1.81. The van der Waals surface area contributed by atoms with Crippen molar-refractivity contribution in [1.29, 1.82) is 0 Å². The molecule has 0 amide bonds. The quantitative estimate of drug-likeness (QED) is 0.616. The summed E-state index contributed by atoms with van der Waals surface area (Å²) in [6, 6.07) is 0.404. The van der Waals surface area contributed by atoms with Crippen molar-refractivity contribution in [2.75, 3.05) is 7.11 Å². The van der Waals surface area contributed by atoms with Gasteiger partial charge in [0.15, 0.2) is 0 Å². The fraction of sp³-hybridized carbons (Fsp3) is 1.00. The highest BCUT2D eigenvalue weighted by Crippen LogP contribution is 2.58. The van der Waals surface area contributed by atoms with Crippen LogP contribution in [0.4, 0.5) is 0 Å². The van der Waals surface area contributed by atoms with Crippen LogP contribution in [0.15, 0.2) is 0 Å². The van der Waals surface area contributed by atoms with Crippen molar-refractivity contribution in [2.45, 2.75) is 38.3 Å². The van der Waals surface area contributed by atoms with Crippen LogP contribution >= 0.6 is 0 Å². The summed E-state index contributed by atoms with van der Waals surface area (Å²) in [5.74, 6) is 0.570. The van der Waals surface area contributed by atoms with Crippen molar-refractivity contribution in [1.82, 2.24) is 0 Å². The summed E-state index contributed by atoms with van der Waals surface area (Å²) in [6.45, 7) is 2.20. The molecular weight excluding hydrogens is 138 g/mol. The Bertz CT molecular complexity index is 165. The molecule has 11 heavy (non-hydrogen) atoms. The highest BCUT2D eigenvalue weighted by Gasteiger charge is 2.61. The molecule has 0 heterocycles. The van der Waals surface area contributed by atoms with Gasteiger partial charge in [0.2, 0.25) is 0 Å². The van der Waals surface area contributed by atoms with E-state index in [4.69, 9.17) is 10.5 Å². The van der Waals surface area contributed by atoms with Crippen LogP contribution < -0.4 is 5.73 Å². The lowest BCUT2D eigenvalue weighted by atomic mass is 9.47. The molecule has 2 rings (SSSR count). The molecule has 0 aromatic rings. The van der Waals surface area contributed by atoms with Crippen LogP contribution in [0.1, 0.15) is 26.2 Å². The lowest BCUT2D eigenvalue weighted by molar-refractivity contribution is -0.191. The van der Waals surface area contributed by atoms with Crippen LogP contribution in [0.3, 0.4) is 0 Å². The molecule has 0 aromatic carbocycles. The van der Waals surface area contributed by atoms with Crippen LogP contribution in [0.25, 0.3) is 0 Å². The van der Waals surface area contributed by atoms with E-state index in [2.05, 4.69) is 6.92 Å². The van der Waals surface area contributed by atoms with Crippen molar-refractivity contribution < 1.29 is 4.74 Å². The molecule has 2 aliphatic carbocycles. The molecule has 2 aliphatic rings. The van der Waals surface area contributed by atoms with E-state index in [-0.39, 0.29) is 0 Å². The lowest BCUT2D eigenvalue weighted by Gasteiger charge is -2.63. The van der Waals surface area contributed by atoms with Gasteiger partial charge in [0, 0.05) is 18.6 Å². The minimum absolute atomic E-state index is 0.397. The van der Waals surface area contributed by atoms with E-state index < -0.39 is 0 Å². The summed E-state index contributed by atoms with van der Waals surface area (Å²) in [6.07, 6.45) is 4.38. The van der Waals surface area contributed by atoms with E-state index in [1.807, 2.05) is 7.11 Å². The maximum Gasteiger partial charge on any atom is 0.0682 e. The molecule has 1 spiro atoms. The number of hydrogen-bond acceptors (Lipinski definition) is 2. The van der Waals surface area contributed by atoms with E-state index in [1.165, 1.54) is 19.3 Å². The van der Waals surface area contributed by atoms with Gasteiger partial charge in [-0.05, 0) is 18.8 Å². The van der Waals surface area contributed by atoms with Crippen molar-refractivity contribution in [3.05, 3.63) is 0 Å². The van der Waals surface area contributed by atoms with Crippen molar-refractivity contribution in [2.24, 2.45) is 17.1 Å². The number of methoxy groups -OCH3 is 1. The first-order valence-electron chi connectivity index (χ1n) is 4.51. The van der Waals surface area contributed by atoms with Gasteiger partial charge in [0.05, 0.1) is 6.10 Å². The second-order valence-electron chi connectivity index (χ2n) is 4.13. The molecule has 3 atom stereocenters. The van der Waals surface area contributed by atoms with E-state index in [1.54, 1.807) is 0 Å². The van der Waals surface area contributed by atoms with Crippen molar-refractivity contribution in [3.63, 3.8) is 0 Å². The normalized spacial score (nSPS) is 46.6. The Morgan fingerprint density at radius 2 is 2.09 bits per heavy atom. The third-order valence-corrected chi connectivity index (χ3v) is 3.81. The van der Waals surface area contributed by atoms with Gasteiger partial charge in [-0.2, -0.15) is 0 Å². The number of ether oxygens (including phenoxy) is 1. The van der Waals surface area contributed by atoms with Gasteiger partial charge in [-0.15, -0.1) is 0 Å². The standard InChI is InChI=1S/C9H17NO/c1-6-7(10)9(4-3-5-9)8(6)11-2/h6-8H,3-5,10H2,1-2H3/t6-,7-,8-/m1/s1. The van der Waals surface area contributed by atoms with E-state index in [9.17, 15) is 0 Å². The Labute approximate surface area is 68.1 Å². The molecule has 2 saturated carbocycles. The molecule has 2 nitrogen and oxygen atoms in total. The Morgan fingerprint density at radius 1 is 1.45 bits per heavy atom. The first-order chi connectivity index (χ1) is 5.22. The van der Waals surface area contributed by atoms with Crippen molar-refractivity contribution >= 4 is 0 Å². The first-order valence-corrected chi connectivity index (χ1v) is 4.51. The van der Waals surface area contributed by atoms with Gasteiger partial charge in [0.25, 0.3) is 0 Å². The Morgan fingerprint density at radius 3 is 2.36 bits per heavy atom. The predicted octanol–water partition coefficient (Wildman–Crippen LogP) is 1.15. The molecule has 64 valence electrons. The summed E-state index contributed by atoms with van der Waals surface area (Å²) >= 11 is 0.